The quantitative estimate of drug-likeness (QED) is 0.621. The van der Waals surface area contributed by atoms with Crippen molar-refractivity contribution in [3.63, 3.8) is 0 Å². The van der Waals surface area contributed by atoms with Gasteiger partial charge in [0.2, 0.25) is 0 Å². The molecule has 0 radical (unpaired) electrons. The lowest BCUT2D eigenvalue weighted by atomic mass is 10.1. The van der Waals surface area contributed by atoms with Crippen LogP contribution in [0, 0.1) is 0 Å². The van der Waals surface area contributed by atoms with Gasteiger partial charge in [-0.15, -0.1) is 5.10 Å². The van der Waals surface area contributed by atoms with Crippen molar-refractivity contribution in [3.05, 3.63) is 78.4 Å². The summed E-state index contributed by atoms with van der Waals surface area (Å²) in [7, 11) is 0. The molecule has 1 aromatic carbocycles. The molecule has 0 fully saturated rings. The van der Waals surface area contributed by atoms with Gasteiger partial charge in [-0.1, -0.05) is 29.5 Å². The van der Waals surface area contributed by atoms with Crippen molar-refractivity contribution in [2.45, 2.75) is 6.54 Å². The Balaban J connectivity index is 1.60. The van der Waals surface area contributed by atoms with Gasteiger partial charge in [-0.25, -0.2) is 9.67 Å². The van der Waals surface area contributed by atoms with Crippen LogP contribution in [0.1, 0.15) is 15.9 Å². The number of rotatable bonds is 4. The predicted octanol–water partition coefficient (Wildman–Crippen LogP) is 2.52. The van der Waals surface area contributed by atoms with E-state index in [2.05, 4.69) is 25.6 Å². The zero-order chi connectivity index (χ0) is 17.1. The second-order valence-corrected chi connectivity index (χ2v) is 5.48. The zero-order valence-corrected chi connectivity index (χ0v) is 13.2. The molecular weight excluding hydrogens is 316 g/mol. The van der Waals surface area contributed by atoms with Crippen LogP contribution in [0.3, 0.4) is 0 Å². The number of pyridine rings is 2. The monoisotopic (exact) mass is 330 g/mol. The summed E-state index contributed by atoms with van der Waals surface area (Å²) >= 11 is 0. The predicted molar refractivity (Wildman–Crippen MR) is 93.1 cm³/mol. The molecule has 0 saturated heterocycles. The summed E-state index contributed by atoms with van der Waals surface area (Å²) in [5.74, 6) is 0.271. The number of carbonyl (C=O) groups is 1. The number of fused-ring (bicyclic) bond motifs is 1. The van der Waals surface area contributed by atoms with Gasteiger partial charge in [0, 0.05) is 23.3 Å². The smallest absolute Gasteiger partial charge is 0.257 e. The third kappa shape index (κ3) is 3.20. The Morgan fingerprint density at radius 1 is 1.08 bits per heavy atom. The van der Waals surface area contributed by atoms with Gasteiger partial charge in [0.05, 0.1) is 24.5 Å². The molecule has 0 aliphatic carbocycles. The number of nitrogens with one attached hydrogen (secondary N) is 1. The molecule has 1 amide bonds. The number of nitrogens with zero attached hydrogens (tertiary/aromatic N) is 5. The van der Waals surface area contributed by atoms with Crippen LogP contribution in [0.15, 0.2) is 67.3 Å². The van der Waals surface area contributed by atoms with Gasteiger partial charge in [0.25, 0.3) is 5.91 Å². The second kappa shape index (κ2) is 6.48. The first-order valence-corrected chi connectivity index (χ1v) is 7.74. The van der Waals surface area contributed by atoms with Gasteiger partial charge < -0.3 is 5.32 Å². The summed E-state index contributed by atoms with van der Waals surface area (Å²) in [6.45, 7) is 0.471. The van der Waals surface area contributed by atoms with Gasteiger partial charge in [-0.3, -0.25) is 9.78 Å². The molecule has 0 bridgehead atoms. The highest BCUT2D eigenvalue weighted by molar-refractivity contribution is 6.05. The molecule has 3 aromatic heterocycles. The molecular formula is C18H14N6O. The Labute approximate surface area is 143 Å². The average molecular weight is 330 g/mol. The molecule has 7 nitrogen and oxygen atoms in total. The van der Waals surface area contributed by atoms with Crippen molar-refractivity contribution in [1.29, 1.82) is 0 Å². The third-order valence-electron chi connectivity index (χ3n) is 3.80. The first-order chi connectivity index (χ1) is 12.3. The fourth-order valence-electron chi connectivity index (χ4n) is 2.60. The third-order valence-corrected chi connectivity index (χ3v) is 3.80. The molecule has 4 rings (SSSR count). The first-order valence-electron chi connectivity index (χ1n) is 7.74. The number of hydrogen-bond acceptors (Lipinski definition) is 5. The van der Waals surface area contributed by atoms with E-state index in [1.807, 2.05) is 30.3 Å². The molecule has 0 spiro atoms. The summed E-state index contributed by atoms with van der Waals surface area (Å²) in [6.07, 6.45) is 6.72. The number of benzene rings is 1. The Hall–Kier alpha value is -3.61. The molecule has 1 N–H and O–H groups in total. The van der Waals surface area contributed by atoms with E-state index in [-0.39, 0.29) is 5.91 Å². The fourth-order valence-corrected chi connectivity index (χ4v) is 2.60. The minimum atomic E-state index is -0.216. The van der Waals surface area contributed by atoms with Crippen LogP contribution >= 0.6 is 0 Å². The lowest BCUT2D eigenvalue weighted by Gasteiger charge is -2.10. The Bertz CT molecular complexity index is 1030. The van der Waals surface area contributed by atoms with Gasteiger partial charge in [0.15, 0.2) is 0 Å². The van der Waals surface area contributed by atoms with Crippen molar-refractivity contribution in [3.8, 4) is 0 Å². The average Bonchev–Trinajstić information content (AvgIpc) is 3.15. The number of hydrogen-bond donors (Lipinski definition) is 1. The van der Waals surface area contributed by atoms with Gasteiger partial charge in [0.1, 0.15) is 5.82 Å². The van der Waals surface area contributed by atoms with E-state index in [4.69, 9.17) is 0 Å². The van der Waals surface area contributed by atoms with Crippen LogP contribution in [0.25, 0.3) is 10.9 Å². The van der Waals surface area contributed by atoms with Crippen LogP contribution in [-0.2, 0) is 6.54 Å². The topological polar surface area (TPSA) is 85.6 Å². The maximum Gasteiger partial charge on any atom is 0.257 e. The molecule has 25 heavy (non-hydrogen) atoms. The van der Waals surface area contributed by atoms with Crippen molar-refractivity contribution in [2.75, 3.05) is 5.32 Å². The number of anilines is 1. The van der Waals surface area contributed by atoms with Crippen LogP contribution in [-0.4, -0.2) is 30.9 Å². The molecule has 0 atom stereocenters. The molecule has 3 heterocycles. The second-order valence-electron chi connectivity index (χ2n) is 5.48. The minimum Gasteiger partial charge on any atom is -0.307 e. The maximum atomic E-state index is 12.7. The van der Waals surface area contributed by atoms with Gasteiger partial charge >= 0.3 is 0 Å². The number of amides is 1. The Morgan fingerprint density at radius 2 is 2.00 bits per heavy atom. The van der Waals surface area contributed by atoms with Crippen LogP contribution in [0.5, 0.6) is 0 Å². The highest BCUT2D eigenvalue weighted by atomic mass is 16.1. The van der Waals surface area contributed by atoms with E-state index in [0.717, 1.165) is 16.5 Å². The lowest BCUT2D eigenvalue weighted by molar-refractivity contribution is 0.102. The van der Waals surface area contributed by atoms with Crippen LogP contribution in [0.4, 0.5) is 5.82 Å². The maximum absolute atomic E-state index is 12.7. The van der Waals surface area contributed by atoms with Crippen molar-refractivity contribution in [2.24, 2.45) is 0 Å². The van der Waals surface area contributed by atoms with E-state index in [1.54, 1.807) is 41.6 Å². The van der Waals surface area contributed by atoms with E-state index >= 15 is 0 Å². The highest BCUT2D eigenvalue weighted by Crippen LogP contribution is 2.16. The van der Waals surface area contributed by atoms with E-state index in [9.17, 15) is 4.79 Å². The molecule has 7 heteroatoms. The van der Waals surface area contributed by atoms with Crippen molar-refractivity contribution in [1.82, 2.24) is 25.0 Å². The summed E-state index contributed by atoms with van der Waals surface area (Å²) in [5.41, 5.74) is 2.21. The molecule has 0 aliphatic heterocycles. The van der Waals surface area contributed by atoms with Crippen molar-refractivity contribution < 1.29 is 4.79 Å². The molecule has 0 saturated carbocycles. The van der Waals surface area contributed by atoms with Gasteiger partial charge in [-0.05, 0) is 23.8 Å². The molecule has 4 aromatic rings. The normalized spacial score (nSPS) is 10.7. The summed E-state index contributed by atoms with van der Waals surface area (Å²) < 4.78 is 1.67. The van der Waals surface area contributed by atoms with Gasteiger partial charge in [-0.2, -0.15) is 0 Å². The Kier molecular flexibility index (Phi) is 3.88. The van der Waals surface area contributed by atoms with Crippen molar-refractivity contribution >= 4 is 22.6 Å². The fraction of sp³-hybridized carbons (Fsp3) is 0.0556. The summed E-state index contributed by atoms with van der Waals surface area (Å²) in [6, 6.07) is 13.0. The number of carbonyl (C=O) groups excluding carboxylic acids is 1. The highest BCUT2D eigenvalue weighted by Gasteiger charge is 2.12. The lowest BCUT2D eigenvalue weighted by Crippen LogP contribution is -2.16. The SMILES string of the molecule is O=C(Nc1cc2cccnc2cn1)c1ccccc1Cn1ccnn1. The molecule has 0 aliphatic rings. The van der Waals surface area contributed by atoms with E-state index in [0.29, 0.717) is 17.9 Å². The zero-order valence-electron chi connectivity index (χ0n) is 13.2. The summed E-state index contributed by atoms with van der Waals surface area (Å²) in [5, 5.41) is 11.5. The molecule has 0 unspecified atom stereocenters. The van der Waals surface area contributed by atoms with Crippen LogP contribution in [0.2, 0.25) is 0 Å². The largest absolute Gasteiger partial charge is 0.307 e. The molecule has 122 valence electrons. The van der Waals surface area contributed by atoms with E-state index in [1.165, 1.54) is 0 Å². The minimum absolute atomic E-state index is 0.216. The van der Waals surface area contributed by atoms with Crippen LogP contribution < -0.4 is 5.32 Å². The first kappa shape index (κ1) is 14.9. The van der Waals surface area contributed by atoms with E-state index < -0.39 is 0 Å². The number of aromatic nitrogens is 5. The summed E-state index contributed by atoms with van der Waals surface area (Å²) in [4.78, 5) is 21.2. The Morgan fingerprint density at radius 3 is 2.88 bits per heavy atom. The standard InChI is InChI=1S/C18H14N6O/c25-18(22-17-10-13-5-3-7-19-16(13)11-20-17)15-6-2-1-4-14(15)12-24-9-8-21-23-24/h1-11H,12H2,(H,20,22,25).